The van der Waals surface area contributed by atoms with Crippen molar-refractivity contribution in [2.75, 3.05) is 12.4 Å². The van der Waals surface area contributed by atoms with Gasteiger partial charge in [-0.15, -0.1) is 0 Å². The van der Waals surface area contributed by atoms with Crippen LogP contribution in [-0.2, 0) is 9.53 Å². The van der Waals surface area contributed by atoms with Crippen LogP contribution < -0.4 is 11.1 Å². The zero-order valence-electron chi connectivity index (χ0n) is 14.0. The minimum absolute atomic E-state index is 0.0199. The summed E-state index contributed by atoms with van der Waals surface area (Å²) >= 11 is 0. The van der Waals surface area contributed by atoms with Crippen molar-refractivity contribution in [3.8, 4) is 0 Å². The summed E-state index contributed by atoms with van der Waals surface area (Å²) in [4.78, 5) is 20.9. The Morgan fingerprint density at radius 3 is 2.83 bits per heavy atom. The van der Waals surface area contributed by atoms with Crippen molar-refractivity contribution in [3.63, 3.8) is 0 Å². The van der Waals surface area contributed by atoms with E-state index in [-0.39, 0.29) is 17.9 Å². The smallest absolute Gasteiger partial charge is 0.228 e. The van der Waals surface area contributed by atoms with Crippen LogP contribution in [0.3, 0.4) is 0 Å². The van der Waals surface area contributed by atoms with Crippen molar-refractivity contribution in [3.05, 3.63) is 36.0 Å². The SMILES string of the molecule is COC1=C(c2cc(NC(=O)C3CCC(N)CC3)ncn2)C=CCC1. The second-order valence-electron chi connectivity index (χ2n) is 6.37. The Bertz CT molecular complexity index is 661. The summed E-state index contributed by atoms with van der Waals surface area (Å²) in [6.07, 6.45) is 10.9. The number of nitrogens with zero attached hydrogens (tertiary/aromatic N) is 2. The fourth-order valence-corrected chi connectivity index (χ4v) is 3.27. The third kappa shape index (κ3) is 3.82. The highest BCUT2D eigenvalue weighted by atomic mass is 16.5. The maximum absolute atomic E-state index is 12.4. The number of hydrogen-bond acceptors (Lipinski definition) is 5. The zero-order chi connectivity index (χ0) is 16.9. The molecular formula is C18H24N4O2. The van der Waals surface area contributed by atoms with Gasteiger partial charge in [-0.05, 0) is 32.1 Å². The zero-order valence-corrected chi connectivity index (χ0v) is 14.0. The summed E-state index contributed by atoms with van der Waals surface area (Å²) in [6, 6.07) is 2.04. The molecule has 3 N–H and O–H groups in total. The number of aromatic nitrogens is 2. The molecule has 1 amide bonds. The predicted molar refractivity (Wildman–Crippen MR) is 92.9 cm³/mol. The quantitative estimate of drug-likeness (QED) is 0.887. The number of nitrogens with one attached hydrogen (secondary N) is 1. The maximum Gasteiger partial charge on any atom is 0.228 e. The van der Waals surface area contributed by atoms with Gasteiger partial charge in [-0.2, -0.15) is 0 Å². The number of amides is 1. The number of methoxy groups -OCH3 is 1. The van der Waals surface area contributed by atoms with Crippen LogP contribution in [0.4, 0.5) is 5.82 Å². The van der Waals surface area contributed by atoms with Crippen LogP contribution in [0.5, 0.6) is 0 Å². The largest absolute Gasteiger partial charge is 0.500 e. The number of anilines is 1. The van der Waals surface area contributed by atoms with Gasteiger partial charge in [0.2, 0.25) is 5.91 Å². The second-order valence-corrected chi connectivity index (χ2v) is 6.37. The van der Waals surface area contributed by atoms with Crippen LogP contribution in [0.15, 0.2) is 30.3 Å². The van der Waals surface area contributed by atoms with Crippen molar-refractivity contribution in [1.29, 1.82) is 0 Å². The molecule has 24 heavy (non-hydrogen) atoms. The maximum atomic E-state index is 12.4. The molecule has 0 aromatic carbocycles. The monoisotopic (exact) mass is 328 g/mol. The fraction of sp³-hybridized carbons (Fsp3) is 0.500. The molecule has 0 radical (unpaired) electrons. The summed E-state index contributed by atoms with van der Waals surface area (Å²) in [7, 11) is 1.67. The molecule has 0 bridgehead atoms. The van der Waals surface area contributed by atoms with E-state index in [1.165, 1.54) is 6.33 Å². The molecule has 6 nitrogen and oxygen atoms in total. The van der Waals surface area contributed by atoms with Crippen LogP contribution in [0.2, 0.25) is 0 Å². The lowest BCUT2D eigenvalue weighted by molar-refractivity contribution is -0.120. The van der Waals surface area contributed by atoms with E-state index in [4.69, 9.17) is 10.5 Å². The van der Waals surface area contributed by atoms with Crippen LogP contribution in [0.25, 0.3) is 5.57 Å². The van der Waals surface area contributed by atoms with Crippen molar-refractivity contribution in [1.82, 2.24) is 9.97 Å². The van der Waals surface area contributed by atoms with E-state index >= 15 is 0 Å². The molecule has 0 saturated heterocycles. The normalized spacial score (nSPS) is 23.9. The van der Waals surface area contributed by atoms with Crippen molar-refractivity contribution >= 4 is 17.3 Å². The Labute approximate surface area is 142 Å². The lowest BCUT2D eigenvalue weighted by atomic mass is 9.86. The van der Waals surface area contributed by atoms with E-state index < -0.39 is 0 Å². The van der Waals surface area contributed by atoms with E-state index in [1.54, 1.807) is 13.2 Å². The van der Waals surface area contributed by atoms with E-state index in [1.807, 2.05) is 6.08 Å². The van der Waals surface area contributed by atoms with E-state index in [0.29, 0.717) is 5.82 Å². The molecule has 2 aliphatic carbocycles. The Hall–Kier alpha value is -2.21. The highest BCUT2D eigenvalue weighted by Gasteiger charge is 2.25. The predicted octanol–water partition coefficient (Wildman–Crippen LogP) is 2.64. The van der Waals surface area contributed by atoms with Crippen LogP contribution >= 0.6 is 0 Å². The van der Waals surface area contributed by atoms with Gasteiger partial charge in [-0.1, -0.05) is 12.2 Å². The summed E-state index contributed by atoms with van der Waals surface area (Å²) in [5, 5.41) is 2.92. The molecule has 2 aliphatic rings. The molecule has 1 fully saturated rings. The van der Waals surface area contributed by atoms with E-state index in [0.717, 1.165) is 55.6 Å². The van der Waals surface area contributed by atoms with Crippen LogP contribution in [0.1, 0.15) is 44.2 Å². The first-order valence-electron chi connectivity index (χ1n) is 8.50. The number of carbonyl (C=O) groups is 1. The van der Waals surface area contributed by atoms with Gasteiger partial charge in [0.1, 0.15) is 17.9 Å². The Balaban J connectivity index is 1.73. The van der Waals surface area contributed by atoms with Gasteiger partial charge in [-0.3, -0.25) is 4.79 Å². The minimum atomic E-state index is 0.0199. The first-order chi connectivity index (χ1) is 11.7. The van der Waals surface area contributed by atoms with E-state index in [2.05, 4.69) is 21.4 Å². The topological polar surface area (TPSA) is 90.1 Å². The van der Waals surface area contributed by atoms with Gasteiger partial charge in [0.25, 0.3) is 0 Å². The molecule has 3 rings (SSSR count). The van der Waals surface area contributed by atoms with Crippen LogP contribution in [-0.4, -0.2) is 29.0 Å². The standard InChI is InChI=1S/C18H24N4O2/c1-24-16-5-3-2-4-14(16)15-10-17(21-11-20-15)22-18(23)12-6-8-13(19)9-7-12/h2,4,10-13H,3,5-9,19H2,1H3,(H,20,21,22,23). The molecule has 0 unspecified atom stereocenters. The number of nitrogens with two attached hydrogens (primary N) is 1. The molecular weight excluding hydrogens is 304 g/mol. The van der Waals surface area contributed by atoms with Crippen LogP contribution in [0, 0.1) is 5.92 Å². The van der Waals surface area contributed by atoms with Gasteiger partial charge in [0.05, 0.1) is 12.8 Å². The Kier molecular flexibility index (Phi) is 5.25. The van der Waals surface area contributed by atoms with Crippen molar-refractivity contribution in [2.24, 2.45) is 11.7 Å². The number of hydrogen-bond donors (Lipinski definition) is 2. The highest BCUT2D eigenvalue weighted by Crippen LogP contribution is 2.28. The van der Waals surface area contributed by atoms with E-state index in [9.17, 15) is 4.79 Å². The van der Waals surface area contributed by atoms with Gasteiger partial charge in [0, 0.05) is 30.0 Å². The average molecular weight is 328 g/mol. The number of rotatable bonds is 4. The third-order valence-electron chi connectivity index (χ3n) is 4.71. The summed E-state index contributed by atoms with van der Waals surface area (Å²) in [6.45, 7) is 0. The molecule has 0 aliphatic heterocycles. The molecule has 1 aromatic heterocycles. The van der Waals surface area contributed by atoms with Gasteiger partial charge < -0.3 is 15.8 Å². The Morgan fingerprint density at radius 1 is 1.29 bits per heavy atom. The molecule has 6 heteroatoms. The molecule has 0 spiro atoms. The van der Waals surface area contributed by atoms with Gasteiger partial charge >= 0.3 is 0 Å². The summed E-state index contributed by atoms with van der Waals surface area (Å²) in [5.41, 5.74) is 7.61. The molecule has 1 saturated carbocycles. The number of ether oxygens (including phenoxy) is 1. The number of carbonyl (C=O) groups excluding carboxylic acids is 1. The third-order valence-corrected chi connectivity index (χ3v) is 4.71. The molecule has 1 heterocycles. The Morgan fingerprint density at radius 2 is 2.08 bits per heavy atom. The first kappa shape index (κ1) is 16.6. The lowest BCUT2D eigenvalue weighted by Crippen LogP contribution is -2.32. The second kappa shape index (κ2) is 7.57. The summed E-state index contributed by atoms with van der Waals surface area (Å²) in [5.74, 6) is 1.48. The van der Waals surface area contributed by atoms with Gasteiger partial charge in [0.15, 0.2) is 0 Å². The highest BCUT2D eigenvalue weighted by molar-refractivity contribution is 5.92. The molecule has 1 aromatic rings. The molecule has 0 atom stereocenters. The average Bonchev–Trinajstić information content (AvgIpc) is 2.62. The van der Waals surface area contributed by atoms with Gasteiger partial charge in [-0.25, -0.2) is 9.97 Å². The van der Waals surface area contributed by atoms with Crippen molar-refractivity contribution < 1.29 is 9.53 Å². The summed E-state index contributed by atoms with van der Waals surface area (Å²) < 4.78 is 5.45. The lowest BCUT2D eigenvalue weighted by Gasteiger charge is -2.25. The fourth-order valence-electron chi connectivity index (χ4n) is 3.27. The number of allylic oxidation sites excluding steroid dienone is 4. The molecule has 128 valence electrons. The van der Waals surface area contributed by atoms with Crippen molar-refractivity contribution in [2.45, 2.75) is 44.6 Å². The first-order valence-corrected chi connectivity index (χ1v) is 8.50. The minimum Gasteiger partial charge on any atom is -0.500 e.